The Hall–Kier alpha value is -1.32. The quantitative estimate of drug-likeness (QED) is 0.939. The summed E-state index contributed by atoms with van der Waals surface area (Å²) < 4.78 is 2.05. The fourth-order valence-corrected chi connectivity index (χ4v) is 3.57. The van der Waals surface area contributed by atoms with Gasteiger partial charge in [0, 0.05) is 31.5 Å². The molecule has 0 aliphatic carbocycles. The molecule has 0 atom stereocenters. The second-order valence-electron chi connectivity index (χ2n) is 6.04. The number of rotatable bonds is 4. The van der Waals surface area contributed by atoms with E-state index in [9.17, 15) is 0 Å². The van der Waals surface area contributed by atoms with E-state index in [4.69, 9.17) is 11.6 Å². The summed E-state index contributed by atoms with van der Waals surface area (Å²) in [4.78, 5) is 0. The van der Waals surface area contributed by atoms with Crippen LogP contribution in [0.1, 0.15) is 29.4 Å². The summed E-state index contributed by atoms with van der Waals surface area (Å²) in [7, 11) is 0. The van der Waals surface area contributed by atoms with Gasteiger partial charge < -0.3 is 5.32 Å². The Morgan fingerprint density at radius 2 is 2.00 bits per heavy atom. The second-order valence-corrected chi connectivity index (χ2v) is 6.42. The van der Waals surface area contributed by atoms with Gasteiger partial charge in [0.05, 0.1) is 16.4 Å². The van der Waals surface area contributed by atoms with Gasteiger partial charge in [0.2, 0.25) is 0 Å². The van der Waals surface area contributed by atoms with Crippen LogP contribution >= 0.6 is 11.6 Å². The van der Waals surface area contributed by atoms with Crippen LogP contribution in [0.2, 0.25) is 5.02 Å². The van der Waals surface area contributed by atoms with Crippen molar-refractivity contribution in [2.24, 2.45) is 0 Å². The average molecular weight is 304 g/mol. The van der Waals surface area contributed by atoms with Gasteiger partial charge in [-0.25, -0.2) is 0 Å². The van der Waals surface area contributed by atoms with E-state index >= 15 is 0 Å². The minimum absolute atomic E-state index is 0.147. The highest BCUT2D eigenvalue weighted by atomic mass is 35.5. The van der Waals surface area contributed by atoms with Crippen LogP contribution in [0.25, 0.3) is 0 Å². The van der Waals surface area contributed by atoms with Crippen LogP contribution in [0.3, 0.4) is 0 Å². The molecule has 0 saturated carbocycles. The SMILES string of the molecule is CCn1nc(C)c(Cl)c1CC1(c2ccccc2C)CNC1. The summed E-state index contributed by atoms with van der Waals surface area (Å²) in [5.41, 5.74) is 5.03. The first-order chi connectivity index (χ1) is 10.1. The minimum atomic E-state index is 0.147. The predicted octanol–water partition coefficient (Wildman–Crippen LogP) is 3.26. The second kappa shape index (κ2) is 5.47. The molecule has 0 amide bonds. The first-order valence-electron chi connectivity index (χ1n) is 7.56. The molecule has 3 nitrogen and oxygen atoms in total. The molecule has 0 spiro atoms. The van der Waals surface area contributed by atoms with Crippen LogP contribution in [0.5, 0.6) is 0 Å². The van der Waals surface area contributed by atoms with E-state index in [2.05, 4.69) is 53.2 Å². The van der Waals surface area contributed by atoms with E-state index in [0.29, 0.717) is 0 Å². The van der Waals surface area contributed by atoms with Crippen molar-refractivity contribution in [1.82, 2.24) is 15.1 Å². The molecule has 1 aliphatic heterocycles. The highest BCUT2D eigenvalue weighted by Gasteiger charge is 2.41. The number of nitrogens with one attached hydrogen (secondary N) is 1. The molecule has 2 heterocycles. The number of benzene rings is 1. The summed E-state index contributed by atoms with van der Waals surface area (Å²) in [6, 6.07) is 8.68. The van der Waals surface area contributed by atoms with Gasteiger partial charge in [-0.2, -0.15) is 5.10 Å². The molecule has 4 heteroatoms. The van der Waals surface area contributed by atoms with E-state index in [1.807, 2.05) is 6.92 Å². The Morgan fingerprint density at radius 3 is 2.57 bits per heavy atom. The molecule has 1 fully saturated rings. The standard InChI is InChI=1S/C17H22ClN3/c1-4-21-15(16(18)13(3)20-21)9-17(10-19-11-17)14-8-6-5-7-12(14)2/h5-8,19H,4,9-11H2,1-3H3. The predicted molar refractivity (Wildman–Crippen MR) is 87.1 cm³/mol. The van der Waals surface area contributed by atoms with Crippen molar-refractivity contribution in [3.8, 4) is 0 Å². The van der Waals surface area contributed by atoms with Gasteiger partial charge in [-0.15, -0.1) is 0 Å². The van der Waals surface area contributed by atoms with E-state index in [1.165, 1.54) is 16.8 Å². The molecule has 1 aromatic heterocycles. The van der Waals surface area contributed by atoms with Gasteiger partial charge in [-0.3, -0.25) is 4.68 Å². The molecular formula is C17H22ClN3. The van der Waals surface area contributed by atoms with Crippen LogP contribution < -0.4 is 5.32 Å². The molecule has 0 bridgehead atoms. The van der Waals surface area contributed by atoms with Gasteiger partial charge >= 0.3 is 0 Å². The van der Waals surface area contributed by atoms with Crippen molar-refractivity contribution in [3.05, 3.63) is 51.8 Å². The molecule has 1 aromatic carbocycles. The number of halogens is 1. The number of hydrogen-bond acceptors (Lipinski definition) is 2. The monoisotopic (exact) mass is 303 g/mol. The smallest absolute Gasteiger partial charge is 0.0847 e. The maximum atomic E-state index is 6.50. The van der Waals surface area contributed by atoms with Crippen LogP contribution in [-0.4, -0.2) is 22.9 Å². The number of hydrogen-bond donors (Lipinski definition) is 1. The van der Waals surface area contributed by atoms with Crippen molar-refractivity contribution in [2.45, 2.75) is 39.2 Å². The summed E-state index contributed by atoms with van der Waals surface area (Å²) in [6.07, 6.45) is 0.943. The molecule has 1 aliphatic rings. The van der Waals surface area contributed by atoms with Crippen LogP contribution in [0, 0.1) is 13.8 Å². The highest BCUT2D eigenvalue weighted by Crippen LogP contribution is 2.36. The lowest BCUT2D eigenvalue weighted by Crippen LogP contribution is -2.58. The van der Waals surface area contributed by atoms with Crippen LogP contribution in [0.15, 0.2) is 24.3 Å². The van der Waals surface area contributed by atoms with Gasteiger partial charge in [-0.05, 0) is 31.9 Å². The van der Waals surface area contributed by atoms with Gasteiger partial charge in [0.1, 0.15) is 0 Å². The fourth-order valence-electron chi connectivity index (χ4n) is 3.36. The molecular weight excluding hydrogens is 282 g/mol. The van der Waals surface area contributed by atoms with Gasteiger partial charge in [-0.1, -0.05) is 35.9 Å². The minimum Gasteiger partial charge on any atom is -0.315 e. The van der Waals surface area contributed by atoms with Crippen molar-refractivity contribution in [1.29, 1.82) is 0 Å². The third-order valence-corrected chi connectivity index (χ3v) is 5.09. The zero-order chi connectivity index (χ0) is 15.0. The normalized spacial score (nSPS) is 16.8. The lowest BCUT2D eigenvalue weighted by molar-refractivity contribution is 0.267. The number of aryl methyl sites for hydroxylation is 3. The molecule has 2 aromatic rings. The number of aromatic nitrogens is 2. The van der Waals surface area contributed by atoms with Crippen molar-refractivity contribution in [2.75, 3.05) is 13.1 Å². The lowest BCUT2D eigenvalue weighted by atomic mass is 9.70. The Morgan fingerprint density at radius 1 is 1.29 bits per heavy atom. The average Bonchev–Trinajstić information content (AvgIpc) is 2.71. The number of nitrogens with zero attached hydrogens (tertiary/aromatic N) is 2. The maximum Gasteiger partial charge on any atom is 0.0847 e. The van der Waals surface area contributed by atoms with Crippen LogP contribution in [0.4, 0.5) is 0 Å². The van der Waals surface area contributed by atoms with Crippen molar-refractivity contribution >= 4 is 11.6 Å². The summed E-state index contributed by atoms with van der Waals surface area (Å²) >= 11 is 6.50. The molecule has 1 saturated heterocycles. The summed E-state index contributed by atoms with van der Waals surface area (Å²) in [5, 5.41) is 8.82. The Labute approximate surface area is 131 Å². The van der Waals surface area contributed by atoms with Gasteiger partial charge in [0.15, 0.2) is 0 Å². The Kier molecular flexibility index (Phi) is 3.80. The zero-order valence-electron chi connectivity index (χ0n) is 12.9. The van der Waals surface area contributed by atoms with Gasteiger partial charge in [0.25, 0.3) is 0 Å². The van der Waals surface area contributed by atoms with E-state index < -0.39 is 0 Å². The molecule has 3 rings (SSSR count). The van der Waals surface area contributed by atoms with Crippen molar-refractivity contribution < 1.29 is 0 Å². The molecule has 0 unspecified atom stereocenters. The first kappa shape index (κ1) is 14.6. The summed E-state index contributed by atoms with van der Waals surface area (Å²) in [6.45, 7) is 9.16. The maximum absolute atomic E-state index is 6.50. The van der Waals surface area contributed by atoms with Crippen LogP contribution in [-0.2, 0) is 18.4 Å². The molecule has 21 heavy (non-hydrogen) atoms. The highest BCUT2D eigenvalue weighted by molar-refractivity contribution is 6.31. The lowest BCUT2D eigenvalue weighted by Gasteiger charge is -2.44. The third kappa shape index (κ3) is 2.39. The largest absolute Gasteiger partial charge is 0.315 e. The Balaban J connectivity index is 2.01. The molecule has 112 valence electrons. The third-order valence-electron chi connectivity index (χ3n) is 4.60. The topological polar surface area (TPSA) is 29.9 Å². The zero-order valence-corrected chi connectivity index (χ0v) is 13.7. The van der Waals surface area contributed by atoms with E-state index in [-0.39, 0.29) is 5.41 Å². The van der Waals surface area contributed by atoms with Crippen molar-refractivity contribution in [3.63, 3.8) is 0 Å². The van der Waals surface area contributed by atoms with E-state index in [1.54, 1.807) is 0 Å². The fraction of sp³-hybridized carbons (Fsp3) is 0.471. The Bertz CT molecular complexity index is 656. The molecule has 0 radical (unpaired) electrons. The first-order valence-corrected chi connectivity index (χ1v) is 7.94. The summed E-state index contributed by atoms with van der Waals surface area (Å²) in [5.74, 6) is 0. The molecule has 1 N–H and O–H groups in total. The van der Waals surface area contributed by atoms with E-state index in [0.717, 1.165) is 36.8 Å².